The summed E-state index contributed by atoms with van der Waals surface area (Å²) >= 11 is 5.85. The largest absolute Gasteiger partial charge is 0.479 e. The van der Waals surface area contributed by atoms with E-state index in [1.807, 2.05) is 36.4 Å². The minimum absolute atomic E-state index is 0.0908. The molecule has 0 aromatic heterocycles. The number of carboxylic acids is 1. The highest BCUT2D eigenvalue weighted by Gasteiger charge is 2.30. The van der Waals surface area contributed by atoms with E-state index in [9.17, 15) is 14.7 Å². The van der Waals surface area contributed by atoms with Crippen molar-refractivity contribution in [2.45, 2.75) is 12.0 Å². The third kappa shape index (κ3) is 3.82. The first kappa shape index (κ1) is 19.0. The highest BCUT2D eigenvalue weighted by Crippen LogP contribution is 2.44. The molecule has 29 heavy (non-hydrogen) atoms. The molecule has 3 aromatic rings. The van der Waals surface area contributed by atoms with Gasteiger partial charge in [0.05, 0.1) is 0 Å². The first-order chi connectivity index (χ1) is 14.0. The lowest BCUT2D eigenvalue weighted by Crippen LogP contribution is -2.34. The van der Waals surface area contributed by atoms with Crippen LogP contribution in [0.15, 0.2) is 72.8 Å². The molecule has 1 aliphatic rings. The summed E-state index contributed by atoms with van der Waals surface area (Å²) < 4.78 is 5.43. The quantitative estimate of drug-likeness (QED) is 0.623. The second-order valence-electron chi connectivity index (χ2n) is 6.79. The van der Waals surface area contributed by atoms with Gasteiger partial charge in [0.15, 0.2) is 6.04 Å². The van der Waals surface area contributed by atoms with Crippen LogP contribution in [0.2, 0.25) is 5.02 Å². The van der Waals surface area contributed by atoms with Crippen molar-refractivity contribution in [1.29, 1.82) is 0 Å². The second-order valence-corrected chi connectivity index (χ2v) is 7.23. The maximum Gasteiger partial charge on any atom is 0.408 e. The molecule has 0 spiro atoms. The Morgan fingerprint density at radius 2 is 1.48 bits per heavy atom. The zero-order valence-electron chi connectivity index (χ0n) is 15.3. The van der Waals surface area contributed by atoms with Gasteiger partial charge in [0.1, 0.15) is 6.61 Å². The molecule has 5 nitrogen and oxygen atoms in total. The van der Waals surface area contributed by atoms with Crippen molar-refractivity contribution in [3.8, 4) is 11.1 Å². The lowest BCUT2D eigenvalue weighted by atomic mass is 9.98. The van der Waals surface area contributed by atoms with Crippen LogP contribution in [0.25, 0.3) is 11.1 Å². The van der Waals surface area contributed by atoms with Crippen LogP contribution in [0.4, 0.5) is 4.79 Å². The smallest absolute Gasteiger partial charge is 0.408 e. The van der Waals surface area contributed by atoms with E-state index < -0.39 is 18.1 Å². The number of ether oxygens (including phenoxy) is 1. The summed E-state index contributed by atoms with van der Waals surface area (Å²) in [6, 6.07) is 21.1. The molecular formula is C23H18ClNO4. The molecule has 0 bridgehead atoms. The number of alkyl carbamates (subject to hydrolysis) is 1. The number of benzene rings is 3. The molecule has 1 atom stereocenters. The van der Waals surface area contributed by atoms with Gasteiger partial charge in [-0.3, -0.25) is 0 Å². The Hall–Kier alpha value is -3.31. The summed E-state index contributed by atoms with van der Waals surface area (Å²) in [5.41, 5.74) is 4.85. The van der Waals surface area contributed by atoms with Gasteiger partial charge >= 0.3 is 12.1 Å². The number of carbonyl (C=O) groups excluding carboxylic acids is 1. The number of carboxylic acid groups (broad SMARTS) is 1. The molecule has 4 rings (SSSR count). The number of fused-ring (bicyclic) bond motifs is 3. The molecule has 0 unspecified atom stereocenters. The molecule has 0 saturated carbocycles. The molecule has 146 valence electrons. The van der Waals surface area contributed by atoms with E-state index >= 15 is 0 Å². The fourth-order valence-electron chi connectivity index (χ4n) is 3.70. The molecule has 0 heterocycles. The Bertz CT molecular complexity index is 1020. The van der Waals surface area contributed by atoms with E-state index in [2.05, 4.69) is 17.4 Å². The highest BCUT2D eigenvalue weighted by molar-refractivity contribution is 6.30. The Labute approximate surface area is 172 Å². The standard InChI is InChI=1S/C23H18ClNO4/c24-15-11-9-14(10-12-15)21(22(26)27)25-23(28)29-13-20-18-7-3-1-5-16(18)17-6-2-4-8-19(17)20/h1-12,20-21H,13H2,(H,25,28)(H,26,27)/t21-/m0/s1. The van der Waals surface area contributed by atoms with Crippen molar-refractivity contribution >= 4 is 23.7 Å². The SMILES string of the molecule is O=C(N[C@H](C(=O)O)c1ccc(Cl)cc1)OCC1c2ccccc2-c2ccccc21. The minimum atomic E-state index is -1.22. The monoisotopic (exact) mass is 407 g/mol. The molecule has 0 fully saturated rings. The maximum atomic E-state index is 12.4. The van der Waals surface area contributed by atoms with Crippen molar-refractivity contribution in [2.24, 2.45) is 0 Å². The summed E-state index contributed by atoms with van der Waals surface area (Å²) in [5.74, 6) is -1.27. The number of aliphatic carboxylic acids is 1. The summed E-state index contributed by atoms with van der Waals surface area (Å²) in [4.78, 5) is 24.0. The topological polar surface area (TPSA) is 75.6 Å². The molecule has 0 aliphatic heterocycles. The molecule has 2 N–H and O–H groups in total. The van der Waals surface area contributed by atoms with Crippen LogP contribution in [-0.2, 0) is 9.53 Å². The van der Waals surface area contributed by atoms with Crippen LogP contribution in [0, 0.1) is 0 Å². The first-order valence-corrected chi connectivity index (χ1v) is 9.52. The Balaban J connectivity index is 1.48. The third-order valence-electron chi connectivity index (χ3n) is 5.06. The second kappa shape index (κ2) is 7.97. The fraction of sp³-hybridized carbons (Fsp3) is 0.130. The molecule has 0 radical (unpaired) electrons. The van der Waals surface area contributed by atoms with Gasteiger partial charge in [-0.05, 0) is 39.9 Å². The van der Waals surface area contributed by atoms with E-state index in [1.54, 1.807) is 24.3 Å². The first-order valence-electron chi connectivity index (χ1n) is 9.14. The molecule has 1 amide bonds. The van der Waals surface area contributed by atoms with Crippen molar-refractivity contribution in [3.63, 3.8) is 0 Å². The Morgan fingerprint density at radius 3 is 2.03 bits per heavy atom. The minimum Gasteiger partial charge on any atom is -0.479 e. The fourth-order valence-corrected chi connectivity index (χ4v) is 3.83. The summed E-state index contributed by atoms with van der Waals surface area (Å²) in [6.07, 6.45) is -0.783. The van der Waals surface area contributed by atoms with Crippen molar-refractivity contribution in [2.75, 3.05) is 6.61 Å². The molecule has 3 aromatic carbocycles. The van der Waals surface area contributed by atoms with Gasteiger partial charge in [-0.15, -0.1) is 0 Å². The van der Waals surface area contributed by atoms with Crippen LogP contribution in [0.3, 0.4) is 0 Å². The Morgan fingerprint density at radius 1 is 0.931 bits per heavy atom. The lowest BCUT2D eigenvalue weighted by molar-refractivity contribution is -0.139. The number of amides is 1. The van der Waals surface area contributed by atoms with E-state index in [1.165, 1.54) is 0 Å². The number of hydrogen-bond acceptors (Lipinski definition) is 3. The van der Waals surface area contributed by atoms with Crippen molar-refractivity contribution in [3.05, 3.63) is 94.5 Å². The number of halogens is 1. The average Bonchev–Trinajstić information content (AvgIpc) is 3.05. The zero-order chi connectivity index (χ0) is 20.4. The molecule has 1 aliphatic carbocycles. The third-order valence-corrected chi connectivity index (χ3v) is 5.31. The molecule has 0 saturated heterocycles. The normalized spacial score (nSPS) is 13.3. The van der Waals surface area contributed by atoms with E-state index in [0.29, 0.717) is 10.6 Å². The lowest BCUT2D eigenvalue weighted by Gasteiger charge is -2.17. The molecule has 6 heteroatoms. The van der Waals surface area contributed by atoms with Gasteiger partial charge in [-0.1, -0.05) is 72.3 Å². The van der Waals surface area contributed by atoms with E-state index in [4.69, 9.17) is 16.3 Å². The van der Waals surface area contributed by atoms with Gasteiger partial charge in [0.25, 0.3) is 0 Å². The number of hydrogen-bond donors (Lipinski definition) is 2. The summed E-state index contributed by atoms with van der Waals surface area (Å²) in [5, 5.41) is 12.4. The number of nitrogens with one attached hydrogen (secondary N) is 1. The Kier molecular flexibility index (Phi) is 5.23. The zero-order valence-corrected chi connectivity index (χ0v) is 16.1. The van der Waals surface area contributed by atoms with Gasteiger partial charge in [0.2, 0.25) is 0 Å². The van der Waals surface area contributed by atoms with Gasteiger partial charge in [-0.2, -0.15) is 0 Å². The van der Waals surface area contributed by atoms with Gasteiger partial charge in [-0.25, -0.2) is 9.59 Å². The van der Waals surface area contributed by atoms with E-state index in [0.717, 1.165) is 22.3 Å². The van der Waals surface area contributed by atoms with Crippen molar-refractivity contribution < 1.29 is 19.4 Å². The highest BCUT2D eigenvalue weighted by atomic mass is 35.5. The summed E-state index contributed by atoms with van der Waals surface area (Å²) in [6.45, 7) is 0.118. The maximum absolute atomic E-state index is 12.4. The summed E-state index contributed by atoms with van der Waals surface area (Å²) in [7, 11) is 0. The van der Waals surface area contributed by atoms with Crippen LogP contribution in [0.5, 0.6) is 0 Å². The molecular weight excluding hydrogens is 390 g/mol. The van der Waals surface area contributed by atoms with Crippen LogP contribution in [-0.4, -0.2) is 23.8 Å². The van der Waals surface area contributed by atoms with Crippen LogP contribution in [0.1, 0.15) is 28.7 Å². The van der Waals surface area contributed by atoms with Crippen molar-refractivity contribution in [1.82, 2.24) is 5.32 Å². The van der Waals surface area contributed by atoms with Gasteiger partial charge < -0.3 is 15.2 Å². The predicted molar refractivity (Wildman–Crippen MR) is 110 cm³/mol. The van der Waals surface area contributed by atoms with Crippen LogP contribution >= 0.6 is 11.6 Å². The number of carbonyl (C=O) groups is 2. The average molecular weight is 408 g/mol. The predicted octanol–water partition coefficient (Wildman–Crippen LogP) is 5.00. The van der Waals surface area contributed by atoms with E-state index in [-0.39, 0.29) is 12.5 Å². The van der Waals surface area contributed by atoms with Crippen LogP contribution < -0.4 is 5.32 Å². The number of rotatable bonds is 5. The van der Waals surface area contributed by atoms with Gasteiger partial charge in [0, 0.05) is 10.9 Å².